The summed E-state index contributed by atoms with van der Waals surface area (Å²) < 4.78 is 0. The molecule has 1 N–H and O–H groups in total. The molecule has 0 aromatic rings. The first kappa shape index (κ1) is 12.0. The molecule has 2 nitrogen and oxygen atoms in total. The van der Waals surface area contributed by atoms with Gasteiger partial charge < -0.3 is 10.2 Å². The molecule has 1 unspecified atom stereocenters. The summed E-state index contributed by atoms with van der Waals surface area (Å²) in [5, 5.41) is 3.68. The number of rotatable bonds is 5. The zero-order valence-corrected chi connectivity index (χ0v) is 10.1. The predicted octanol–water partition coefficient (Wildman–Crippen LogP) is 2.25. The van der Waals surface area contributed by atoms with Crippen molar-refractivity contribution in [2.45, 2.75) is 58.0 Å². The average molecular weight is 198 g/mol. The zero-order chi connectivity index (χ0) is 10.4. The summed E-state index contributed by atoms with van der Waals surface area (Å²) in [6.45, 7) is 7.01. The lowest BCUT2D eigenvalue weighted by molar-refractivity contribution is 0.177. The maximum atomic E-state index is 3.68. The number of nitrogens with zero attached hydrogens (tertiary/aromatic N) is 1. The van der Waals surface area contributed by atoms with Crippen LogP contribution in [0.4, 0.5) is 0 Å². The molecule has 2 heteroatoms. The van der Waals surface area contributed by atoms with E-state index in [1.54, 1.807) is 0 Å². The molecule has 1 fully saturated rings. The van der Waals surface area contributed by atoms with Crippen LogP contribution >= 0.6 is 0 Å². The largest absolute Gasteiger partial charge is 0.312 e. The van der Waals surface area contributed by atoms with Gasteiger partial charge >= 0.3 is 0 Å². The van der Waals surface area contributed by atoms with Crippen LogP contribution in [0.25, 0.3) is 0 Å². The number of piperidine rings is 1. The number of likely N-dealkylation sites (N-methyl/N-ethyl adjacent to an activating group) is 1. The standard InChI is InChI=1S/C12H26N2/c1-4-11(5-2)13-10-12-8-6-7-9-14(12)3/h11-13H,4-10H2,1-3H3. The Hall–Kier alpha value is -0.0800. The smallest absolute Gasteiger partial charge is 0.0217 e. The number of hydrogen-bond donors (Lipinski definition) is 1. The van der Waals surface area contributed by atoms with Gasteiger partial charge in [0.25, 0.3) is 0 Å². The molecular weight excluding hydrogens is 172 g/mol. The van der Waals surface area contributed by atoms with Crippen molar-refractivity contribution in [1.82, 2.24) is 10.2 Å². The van der Waals surface area contributed by atoms with Crippen LogP contribution in [-0.2, 0) is 0 Å². The zero-order valence-electron chi connectivity index (χ0n) is 10.1. The van der Waals surface area contributed by atoms with Crippen molar-refractivity contribution < 1.29 is 0 Å². The second-order valence-electron chi connectivity index (χ2n) is 4.55. The Bertz CT molecular complexity index is 143. The lowest BCUT2D eigenvalue weighted by atomic mass is 10.0. The summed E-state index contributed by atoms with van der Waals surface area (Å²) >= 11 is 0. The van der Waals surface area contributed by atoms with Crippen LogP contribution in [0, 0.1) is 0 Å². The van der Waals surface area contributed by atoms with E-state index >= 15 is 0 Å². The molecule has 14 heavy (non-hydrogen) atoms. The molecule has 0 spiro atoms. The van der Waals surface area contributed by atoms with Gasteiger partial charge in [0.15, 0.2) is 0 Å². The molecular formula is C12H26N2. The monoisotopic (exact) mass is 198 g/mol. The Morgan fingerprint density at radius 1 is 1.29 bits per heavy atom. The van der Waals surface area contributed by atoms with Crippen LogP contribution in [0.5, 0.6) is 0 Å². The van der Waals surface area contributed by atoms with Crippen molar-refractivity contribution in [3.05, 3.63) is 0 Å². The summed E-state index contributed by atoms with van der Waals surface area (Å²) in [6.07, 6.45) is 6.70. The van der Waals surface area contributed by atoms with E-state index in [0.717, 1.165) is 12.1 Å². The lowest BCUT2D eigenvalue weighted by Crippen LogP contribution is -2.45. The minimum atomic E-state index is 0.727. The van der Waals surface area contributed by atoms with Crippen molar-refractivity contribution in [3.8, 4) is 0 Å². The maximum absolute atomic E-state index is 3.68. The third kappa shape index (κ3) is 3.58. The first-order valence-electron chi connectivity index (χ1n) is 6.21. The quantitative estimate of drug-likeness (QED) is 0.729. The van der Waals surface area contributed by atoms with Gasteiger partial charge in [-0.15, -0.1) is 0 Å². The fraction of sp³-hybridized carbons (Fsp3) is 1.00. The normalized spacial score (nSPS) is 24.4. The minimum Gasteiger partial charge on any atom is -0.312 e. The highest BCUT2D eigenvalue weighted by atomic mass is 15.2. The van der Waals surface area contributed by atoms with Crippen LogP contribution in [0.3, 0.4) is 0 Å². The fourth-order valence-corrected chi connectivity index (χ4v) is 2.28. The SMILES string of the molecule is CCC(CC)NCC1CCCCN1C. The molecule has 1 aliphatic heterocycles. The number of nitrogens with one attached hydrogen (secondary N) is 1. The van der Waals surface area contributed by atoms with Gasteiger partial charge in [0.1, 0.15) is 0 Å². The van der Waals surface area contributed by atoms with Crippen LogP contribution in [0.15, 0.2) is 0 Å². The van der Waals surface area contributed by atoms with E-state index in [9.17, 15) is 0 Å². The molecule has 1 atom stereocenters. The van der Waals surface area contributed by atoms with E-state index in [-0.39, 0.29) is 0 Å². The van der Waals surface area contributed by atoms with Crippen LogP contribution < -0.4 is 5.32 Å². The van der Waals surface area contributed by atoms with Crippen LogP contribution in [0.2, 0.25) is 0 Å². The topological polar surface area (TPSA) is 15.3 Å². The van der Waals surface area contributed by atoms with Gasteiger partial charge in [-0.2, -0.15) is 0 Å². The Kier molecular flexibility index (Phi) is 5.49. The van der Waals surface area contributed by atoms with Crippen molar-refractivity contribution in [1.29, 1.82) is 0 Å². The minimum absolute atomic E-state index is 0.727. The molecule has 0 bridgehead atoms. The van der Waals surface area contributed by atoms with Gasteiger partial charge in [-0.3, -0.25) is 0 Å². The summed E-state index contributed by atoms with van der Waals surface area (Å²) in [5.74, 6) is 0. The Morgan fingerprint density at radius 3 is 2.57 bits per heavy atom. The summed E-state index contributed by atoms with van der Waals surface area (Å²) in [6, 6.07) is 1.51. The van der Waals surface area contributed by atoms with E-state index in [4.69, 9.17) is 0 Å². The summed E-state index contributed by atoms with van der Waals surface area (Å²) in [5.41, 5.74) is 0. The Labute approximate surface area is 89.1 Å². The lowest BCUT2D eigenvalue weighted by Gasteiger charge is -2.33. The van der Waals surface area contributed by atoms with Gasteiger partial charge in [-0.25, -0.2) is 0 Å². The van der Waals surface area contributed by atoms with Crippen molar-refractivity contribution in [3.63, 3.8) is 0 Å². The first-order valence-corrected chi connectivity index (χ1v) is 6.21. The number of likely N-dealkylation sites (tertiary alicyclic amines) is 1. The van der Waals surface area contributed by atoms with E-state index in [1.807, 2.05) is 0 Å². The summed E-state index contributed by atoms with van der Waals surface area (Å²) in [4.78, 5) is 2.51. The van der Waals surface area contributed by atoms with Crippen LogP contribution in [0.1, 0.15) is 46.0 Å². The number of hydrogen-bond acceptors (Lipinski definition) is 2. The maximum Gasteiger partial charge on any atom is 0.0217 e. The molecule has 0 aromatic carbocycles. The summed E-state index contributed by atoms with van der Waals surface area (Å²) in [7, 11) is 2.26. The van der Waals surface area contributed by atoms with E-state index in [2.05, 4.69) is 31.1 Å². The second kappa shape index (κ2) is 6.41. The van der Waals surface area contributed by atoms with Gasteiger partial charge in [0.05, 0.1) is 0 Å². The van der Waals surface area contributed by atoms with Gasteiger partial charge in [-0.1, -0.05) is 20.3 Å². The van der Waals surface area contributed by atoms with Crippen molar-refractivity contribution >= 4 is 0 Å². The van der Waals surface area contributed by atoms with E-state index in [0.29, 0.717) is 0 Å². The molecule has 1 saturated heterocycles. The van der Waals surface area contributed by atoms with Gasteiger partial charge in [0, 0.05) is 18.6 Å². The fourth-order valence-electron chi connectivity index (χ4n) is 2.28. The molecule has 1 heterocycles. The molecule has 0 aromatic heterocycles. The predicted molar refractivity (Wildman–Crippen MR) is 62.6 cm³/mol. The van der Waals surface area contributed by atoms with Crippen LogP contribution in [-0.4, -0.2) is 37.1 Å². The second-order valence-corrected chi connectivity index (χ2v) is 4.55. The average Bonchev–Trinajstić information content (AvgIpc) is 2.22. The van der Waals surface area contributed by atoms with Gasteiger partial charge in [-0.05, 0) is 39.3 Å². The van der Waals surface area contributed by atoms with Crippen molar-refractivity contribution in [2.75, 3.05) is 20.1 Å². The molecule has 1 rings (SSSR count). The third-order valence-electron chi connectivity index (χ3n) is 3.55. The molecule has 0 amide bonds. The molecule has 0 radical (unpaired) electrons. The molecule has 0 aliphatic carbocycles. The first-order chi connectivity index (χ1) is 6.77. The Balaban J connectivity index is 2.21. The highest BCUT2D eigenvalue weighted by Crippen LogP contribution is 2.14. The van der Waals surface area contributed by atoms with Gasteiger partial charge in [0.2, 0.25) is 0 Å². The Morgan fingerprint density at radius 2 is 2.00 bits per heavy atom. The molecule has 0 saturated carbocycles. The molecule has 84 valence electrons. The highest BCUT2D eigenvalue weighted by molar-refractivity contribution is 4.77. The van der Waals surface area contributed by atoms with E-state index in [1.165, 1.54) is 45.2 Å². The highest BCUT2D eigenvalue weighted by Gasteiger charge is 2.18. The third-order valence-corrected chi connectivity index (χ3v) is 3.55. The van der Waals surface area contributed by atoms with Crippen molar-refractivity contribution in [2.24, 2.45) is 0 Å². The van der Waals surface area contributed by atoms with E-state index < -0.39 is 0 Å². The molecule has 1 aliphatic rings.